The number of hydrogen-bond acceptors (Lipinski definition) is 8. The number of anilines is 1. The van der Waals surface area contributed by atoms with Gasteiger partial charge in [0.1, 0.15) is 5.82 Å². The average Bonchev–Trinajstić information content (AvgIpc) is 3.96. The highest BCUT2D eigenvalue weighted by Gasteiger charge is 2.32. The molecule has 2 saturated heterocycles. The largest absolute Gasteiger partial charge is 0.354 e. The number of aromatic amines is 1. The van der Waals surface area contributed by atoms with Gasteiger partial charge >= 0.3 is 0 Å². The lowest BCUT2D eigenvalue weighted by Crippen LogP contribution is -2.31. The zero-order chi connectivity index (χ0) is 33.2. The molecule has 6 heterocycles. The third-order valence-electron chi connectivity index (χ3n) is 9.54. The summed E-state index contributed by atoms with van der Waals surface area (Å²) in [6.07, 6.45) is 14.9. The van der Waals surface area contributed by atoms with E-state index in [1.54, 1.807) is 49.1 Å². The number of aromatic nitrogens is 6. The van der Waals surface area contributed by atoms with Crippen LogP contribution in [0.4, 0.5) is 5.95 Å². The van der Waals surface area contributed by atoms with Gasteiger partial charge in [-0.05, 0) is 77.9 Å². The predicted molar refractivity (Wildman–Crippen MR) is 187 cm³/mol. The molecule has 2 fully saturated rings. The lowest BCUT2D eigenvalue weighted by Gasteiger charge is -2.23. The smallest absolute Gasteiger partial charge is 0.254 e. The van der Waals surface area contributed by atoms with Gasteiger partial charge in [-0.15, -0.1) is 0 Å². The summed E-state index contributed by atoms with van der Waals surface area (Å²) in [5, 5.41) is 5.57. The molecule has 0 saturated carbocycles. The van der Waals surface area contributed by atoms with Gasteiger partial charge in [-0.1, -0.05) is 24.3 Å². The van der Waals surface area contributed by atoms with Crippen molar-refractivity contribution in [3.05, 3.63) is 121 Å². The molecule has 0 spiro atoms. The maximum atomic E-state index is 13.2. The molecule has 2 aromatic carbocycles. The number of nitrogens with one attached hydrogen (secondary N) is 2. The number of rotatable bonds is 8. The summed E-state index contributed by atoms with van der Waals surface area (Å²) >= 11 is 0. The van der Waals surface area contributed by atoms with E-state index in [0.717, 1.165) is 64.8 Å². The fourth-order valence-electron chi connectivity index (χ4n) is 6.86. The van der Waals surface area contributed by atoms with E-state index in [2.05, 4.69) is 66.6 Å². The van der Waals surface area contributed by atoms with Crippen LogP contribution in [0.5, 0.6) is 0 Å². The van der Waals surface area contributed by atoms with Crippen molar-refractivity contribution >= 4 is 28.5 Å². The van der Waals surface area contributed by atoms with Crippen LogP contribution in [-0.2, 0) is 0 Å². The summed E-state index contributed by atoms with van der Waals surface area (Å²) in [7, 11) is 0. The molecule has 0 bridgehead atoms. The van der Waals surface area contributed by atoms with Crippen molar-refractivity contribution < 1.29 is 9.59 Å². The molecular formula is C38H35N9O2. The van der Waals surface area contributed by atoms with Crippen molar-refractivity contribution in [2.45, 2.75) is 25.3 Å². The van der Waals surface area contributed by atoms with E-state index in [-0.39, 0.29) is 17.9 Å². The van der Waals surface area contributed by atoms with E-state index in [4.69, 9.17) is 4.98 Å². The van der Waals surface area contributed by atoms with Crippen molar-refractivity contribution in [2.24, 2.45) is 5.92 Å². The number of carbonyl (C=O) groups is 2. The Labute approximate surface area is 283 Å². The van der Waals surface area contributed by atoms with Crippen LogP contribution in [0.3, 0.4) is 0 Å². The van der Waals surface area contributed by atoms with Crippen LogP contribution in [0.15, 0.2) is 104 Å². The van der Waals surface area contributed by atoms with Crippen LogP contribution in [0, 0.1) is 5.92 Å². The molecule has 0 aliphatic carbocycles. The molecule has 2 atom stereocenters. The van der Waals surface area contributed by atoms with Gasteiger partial charge < -0.3 is 20.1 Å². The molecule has 8 rings (SSSR count). The molecule has 2 N–H and O–H groups in total. The SMILES string of the molecule is O=C(c1ccncc1)N1CC[C@H](CNc2ncc(-c3ccc4cc(-c5cnc([C@@H]6CCCN6C(=O)c6ccncc6)[nH]5)ccc4c3)cn2)C1. The zero-order valence-electron chi connectivity index (χ0n) is 26.9. The van der Waals surface area contributed by atoms with Crippen LogP contribution < -0.4 is 5.32 Å². The lowest BCUT2D eigenvalue weighted by molar-refractivity contribution is 0.0729. The number of hydrogen-bond donors (Lipinski definition) is 2. The lowest BCUT2D eigenvalue weighted by atomic mass is 10.0. The maximum absolute atomic E-state index is 13.2. The van der Waals surface area contributed by atoms with Gasteiger partial charge in [0.25, 0.3) is 11.8 Å². The van der Waals surface area contributed by atoms with Gasteiger partial charge in [0.15, 0.2) is 0 Å². The molecule has 2 aliphatic rings. The van der Waals surface area contributed by atoms with Crippen molar-refractivity contribution in [1.29, 1.82) is 0 Å². The highest BCUT2D eigenvalue weighted by molar-refractivity contribution is 5.95. The molecular weight excluding hydrogens is 614 g/mol. The number of likely N-dealkylation sites (tertiary alicyclic amines) is 2. The van der Waals surface area contributed by atoms with Crippen LogP contribution in [-0.4, -0.2) is 77.7 Å². The highest BCUT2D eigenvalue weighted by atomic mass is 16.2. The Bertz CT molecular complexity index is 2100. The Morgan fingerprint density at radius 3 is 2.14 bits per heavy atom. The maximum Gasteiger partial charge on any atom is 0.254 e. The van der Waals surface area contributed by atoms with E-state index in [9.17, 15) is 9.59 Å². The predicted octanol–water partition coefficient (Wildman–Crippen LogP) is 6.03. The Balaban J connectivity index is 0.899. The molecule has 2 amide bonds. The Kier molecular flexibility index (Phi) is 8.22. The molecule has 6 aromatic rings. The standard InChI is InChI=1S/C38H35N9O2/c48-36(26-7-12-39-13-8-26)46-17-11-25(24-46)20-42-38-43-21-32(22-44-38)30-4-3-29-19-31(6-5-28(29)18-30)33-23-41-35(45-33)34-2-1-16-47(34)37(49)27-9-14-40-15-10-27/h3-10,12-15,18-19,21-23,25,34H,1-2,11,16-17,20,24H2,(H,41,45)(H,42,43,44)/t25-,34+/m1/s1. The quantitative estimate of drug-likeness (QED) is 0.204. The Morgan fingerprint density at radius 1 is 0.735 bits per heavy atom. The van der Waals surface area contributed by atoms with Crippen molar-refractivity contribution in [3.8, 4) is 22.4 Å². The summed E-state index contributed by atoms with van der Waals surface area (Å²) in [6.45, 7) is 2.87. The van der Waals surface area contributed by atoms with Gasteiger partial charge in [-0.25, -0.2) is 15.0 Å². The second kappa shape index (κ2) is 13.3. The van der Waals surface area contributed by atoms with Gasteiger partial charge in [0, 0.05) is 85.6 Å². The molecule has 0 unspecified atom stereocenters. The van der Waals surface area contributed by atoms with Crippen LogP contribution in [0.2, 0.25) is 0 Å². The molecule has 49 heavy (non-hydrogen) atoms. The molecule has 11 nitrogen and oxygen atoms in total. The number of fused-ring (bicyclic) bond motifs is 1. The molecule has 0 radical (unpaired) electrons. The second-order valence-electron chi connectivity index (χ2n) is 12.7. The fraction of sp³-hybridized carbons (Fsp3) is 0.237. The molecule has 11 heteroatoms. The number of carbonyl (C=O) groups excluding carboxylic acids is 2. The number of nitrogens with zero attached hydrogens (tertiary/aromatic N) is 7. The monoisotopic (exact) mass is 649 g/mol. The Morgan fingerprint density at radius 2 is 1.41 bits per heavy atom. The van der Waals surface area contributed by atoms with Crippen molar-refractivity contribution in [1.82, 2.24) is 39.7 Å². The van der Waals surface area contributed by atoms with E-state index >= 15 is 0 Å². The van der Waals surface area contributed by atoms with Gasteiger partial charge in [-0.3, -0.25) is 19.6 Å². The summed E-state index contributed by atoms with van der Waals surface area (Å²) < 4.78 is 0. The van der Waals surface area contributed by atoms with E-state index in [1.807, 2.05) is 28.4 Å². The van der Waals surface area contributed by atoms with E-state index < -0.39 is 0 Å². The number of H-pyrrole nitrogens is 1. The van der Waals surface area contributed by atoms with Gasteiger partial charge in [-0.2, -0.15) is 0 Å². The second-order valence-corrected chi connectivity index (χ2v) is 12.7. The first-order valence-electron chi connectivity index (χ1n) is 16.6. The first kappa shape index (κ1) is 30.4. The Hall–Kier alpha value is -5.97. The third kappa shape index (κ3) is 6.34. The molecule has 244 valence electrons. The normalized spacial score (nSPS) is 17.5. The van der Waals surface area contributed by atoms with Gasteiger partial charge in [0.05, 0.1) is 17.9 Å². The van der Waals surface area contributed by atoms with E-state index in [1.165, 1.54) is 0 Å². The zero-order valence-corrected chi connectivity index (χ0v) is 26.9. The summed E-state index contributed by atoms with van der Waals surface area (Å²) in [5.74, 6) is 1.79. The minimum absolute atomic E-state index is 0.00749. The fourth-order valence-corrected chi connectivity index (χ4v) is 6.86. The number of imidazole rings is 1. The van der Waals surface area contributed by atoms with Crippen LogP contribution in [0.1, 0.15) is 51.8 Å². The minimum Gasteiger partial charge on any atom is -0.354 e. The van der Waals surface area contributed by atoms with Gasteiger partial charge in [0.2, 0.25) is 5.95 Å². The first-order valence-corrected chi connectivity index (χ1v) is 16.6. The molecule has 2 aliphatic heterocycles. The van der Waals surface area contributed by atoms with Crippen LogP contribution in [0.25, 0.3) is 33.2 Å². The summed E-state index contributed by atoms with van der Waals surface area (Å²) in [4.78, 5) is 55.1. The minimum atomic E-state index is -0.0805. The van der Waals surface area contributed by atoms with Crippen molar-refractivity contribution in [2.75, 3.05) is 31.5 Å². The third-order valence-corrected chi connectivity index (χ3v) is 9.54. The number of benzene rings is 2. The molecule has 4 aromatic heterocycles. The average molecular weight is 650 g/mol. The summed E-state index contributed by atoms with van der Waals surface area (Å²) in [5.41, 5.74) is 5.25. The van der Waals surface area contributed by atoms with Crippen LogP contribution >= 0.6 is 0 Å². The topological polar surface area (TPSA) is 133 Å². The van der Waals surface area contributed by atoms with E-state index in [0.29, 0.717) is 42.6 Å². The summed E-state index contributed by atoms with van der Waals surface area (Å²) in [6, 6.07) is 19.7. The highest BCUT2D eigenvalue weighted by Crippen LogP contribution is 2.34. The number of pyridine rings is 2. The first-order chi connectivity index (χ1) is 24.1. The number of amides is 2. The van der Waals surface area contributed by atoms with Crippen molar-refractivity contribution in [3.63, 3.8) is 0 Å².